The van der Waals surface area contributed by atoms with Crippen molar-refractivity contribution in [3.63, 3.8) is 0 Å². The first-order valence-electron chi connectivity index (χ1n) is 7.32. The summed E-state index contributed by atoms with van der Waals surface area (Å²) in [6.45, 7) is 8.97. The van der Waals surface area contributed by atoms with Crippen LogP contribution in [0.2, 0.25) is 0 Å². The molecule has 104 valence electrons. The summed E-state index contributed by atoms with van der Waals surface area (Å²) in [5.41, 5.74) is 5.88. The number of amides is 1. The van der Waals surface area contributed by atoms with Crippen LogP contribution >= 0.6 is 0 Å². The van der Waals surface area contributed by atoms with Gasteiger partial charge in [0, 0.05) is 32.2 Å². The third-order valence-corrected chi connectivity index (χ3v) is 4.68. The molecule has 4 nitrogen and oxygen atoms in total. The molecule has 2 heterocycles. The fourth-order valence-corrected chi connectivity index (χ4v) is 2.89. The highest BCUT2D eigenvalue weighted by Gasteiger charge is 2.27. The third-order valence-electron chi connectivity index (χ3n) is 4.68. The SMILES string of the molecule is CC1CCN(C(=O)CN2CCC(N)CC2)CC1C. The average Bonchev–Trinajstić information content (AvgIpc) is 2.35. The Hall–Kier alpha value is -0.610. The highest BCUT2D eigenvalue weighted by atomic mass is 16.2. The first-order chi connectivity index (χ1) is 8.56. The Kier molecular flexibility index (Phi) is 4.62. The second-order valence-electron chi connectivity index (χ2n) is 6.20. The van der Waals surface area contributed by atoms with Gasteiger partial charge in [-0.25, -0.2) is 0 Å². The van der Waals surface area contributed by atoms with Gasteiger partial charge in [-0.1, -0.05) is 13.8 Å². The van der Waals surface area contributed by atoms with E-state index in [9.17, 15) is 4.79 Å². The highest BCUT2D eigenvalue weighted by Crippen LogP contribution is 2.22. The number of carbonyl (C=O) groups is 1. The summed E-state index contributed by atoms with van der Waals surface area (Å²) in [6, 6.07) is 0.340. The van der Waals surface area contributed by atoms with Gasteiger partial charge in [-0.3, -0.25) is 9.69 Å². The van der Waals surface area contributed by atoms with Crippen molar-refractivity contribution in [2.75, 3.05) is 32.7 Å². The Morgan fingerprint density at radius 3 is 2.39 bits per heavy atom. The second kappa shape index (κ2) is 6.02. The molecule has 2 saturated heterocycles. The van der Waals surface area contributed by atoms with Crippen LogP contribution in [0.5, 0.6) is 0 Å². The molecule has 2 N–H and O–H groups in total. The van der Waals surface area contributed by atoms with Gasteiger partial charge in [-0.05, 0) is 31.1 Å². The van der Waals surface area contributed by atoms with E-state index >= 15 is 0 Å². The van der Waals surface area contributed by atoms with E-state index in [2.05, 4.69) is 23.6 Å². The zero-order valence-electron chi connectivity index (χ0n) is 11.8. The van der Waals surface area contributed by atoms with Crippen molar-refractivity contribution < 1.29 is 4.79 Å². The maximum atomic E-state index is 12.3. The van der Waals surface area contributed by atoms with Gasteiger partial charge in [-0.2, -0.15) is 0 Å². The molecule has 2 aliphatic heterocycles. The standard InChI is InChI=1S/C14H27N3O/c1-11-3-8-17(9-12(11)2)14(18)10-16-6-4-13(15)5-7-16/h11-13H,3-10,15H2,1-2H3. The Bertz CT molecular complexity index is 287. The van der Waals surface area contributed by atoms with Gasteiger partial charge in [0.25, 0.3) is 0 Å². The van der Waals surface area contributed by atoms with Crippen LogP contribution in [0.1, 0.15) is 33.1 Å². The molecule has 2 unspecified atom stereocenters. The van der Waals surface area contributed by atoms with E-state index in [4.69, 9.17) is 5.73 Å². The molecular weight excluding hydrogens is 226 g/mol. The lowest BCUT2D eigenvalue weighted by atomic mass is 9.88. The fourth-order valence-electron chi connectivity index (χ4n) is 2.89. The van der Waals surface area contributed by atoms with Crippen molar-refractivity contribution >= 4 is 5.91 Å². The zero-order valence-corrected chi connectivity index (χ0v) is 11.8. The molecule has 0 aromatic heterocycles. The molecule has 1 amide bonds. The van der Waals surface area contributed by atoms with Crippen LogP contribution in [0.3, 0.4) is 0 Å². The van der Waals surface area contributed by atoms with Gasteiger partial charge in [0.1, 0.15) is 0 Å². The van der Waals surface area contributed by atoms with Crippen LogP contribution < -0.4 is 5.73 Å². The number of nitrogens with zero attached hydrogens (tertiary/aromatic N) is 2. The summed E-state index contributed by atoms with van der Waals surface area (Å²) in [7, 11) is 0. The minimum atomic E-state index is 0.309. The first-order valence-corrected chi connectivity index (χ1v) is 7.32. The Morgan fingerprint density at radius 2 is 1.78 bits per heavy atom. The lowest BCUT2D eigenvalue weighted by Crippen LogP contribution is -2.49. The quantitative estimate of drug-likeness (QED) is 0.796. The van der Waals surface area contributed by atoms with Gasteiger partial charge in [-0.15, -0.1) is 0 Å². The van der Waals surface area contributed by atoms with Gasteiger partial charge in [0.2, 0.25) is 5.91 Å². The summed E-state index contributed by atoms with van der Waals surface area (Å²) in [4.78, 5) is 16.6. The predicted octanol–water partition coefficient (Wildman–Crippen LogP) is 0.914. The molecule has 4 heteroatoms. The van der Waals surface area contributed by atoms with Gasteiger partial charge < -0.3 is 10.6 Å². The van der Waals surface area contributed by atoms with Crippen LogP contribution in [-0.2, 0) is 4.79 Å². The molecule has 0 aromatic rings. The Balaban J connectivity index is 1.78. The Morgan fingerprint density at radius 1 is 1.11 bits per heavy atom. The molecular formula is C14H27N3O. The van der Waals surface area contributed by atoms with Crippen molar-refractivity contribution in [1.82, 2.24) is 9.80 Å². The minimum absolute atomic E-state index is 0.309. The lowest BCUT2D eigenvalue weighted by molar-refractivity contribution is -0.135. The number of piperidine rings is 2. The van der Waals surface area contributed by atoms with Crippen molar-refractivity contribution in [2.45, 2.75) is 39.2 Å². The number of carbonyl (C=O) groups excluding carboxylic acids is 1. The van der Waals surface area contributed by atoms with E-state index in [1.807, 2.05) is 0 Å². The van der Waals surface area contributed by atoms with E-state index < -0.39 is 0 Å². The topological polar surface area (TPSA) is 49.6 Å². The highest BCUT2D eigenvalue weighted by molar-refractivity contribution is 5.78. The van der Waals surface area contributed by atoms with Crippen molar-refractivity contribution in [1.29, 1.82) is 0 Å². The minimum Gasteiger partial charge on any atom is -0.341 e. The van der Waals surface area contributed by atoms with Gasteiger partial charge >= 0.3 is 0 Å². The molecule has 0 bridgehead atoms. The summed E-state index contributed by atoms with van der Waals surface area (Å²) < 4.78 is 0. The number of hydrogen-bond acceptors (Lipinski definition) is 3. The normalized spacial score (nSPS) is 31.6. The summed E-state index contributed by atoms with van der Waals surface area (Å²) in [5, 5.41) is 0. The number of nitrogens with two attached hydrogens (primary N) is 1. The molecule has 2 rings (SSSR count). The molecule has 2 atom stereocenters. The first kappa shape index (κ1) is 13.8. The van der Waals surface area contributed by atoms with E-state index in [1.165, 1.54) is 0 Å². The molecule has 0 spiro atoms. The molecule has 2 fully saturated rings. The molecule has 0 saturated carbocycles. The maximum Gasteiger partial charge on any atom is 0.236 e. The number of rotatable bonds is 2. The van der Waals surface area contributed by atoms with Crippen molar-refractivity contribution in [3.8, 4) is 0 Å². The third kappa shape index (κ3) is 3.45. The van der Waals surface area contributed by atoms with Crippen molar-refractivity contribution in [3.05, 3.63) is 0 Å². The summed E-state index contributed by atoms with van der Waals surface area (Å²) in [5.74, 6) is 1.70. The van der Waals surface area contributed by atoms with Crippen LogP contribution in [-0.4, -0.2) is 54.5 Å². The molecule has 0 radical (unpaired) electrons. The summed E-state index contributed by atoms with van der Waals surface area (Å²) >= 11 is 0. The van der Waals surface area contributed by atoms with Gasteiger partial charge in [0.05, 0.1) is 6.54 Å². The van der Waals surface area contributed by atoms with E-state index in [-0.39, 0.29) is 0 Å². The monoisotopic (exact) mass is 253 g/mol. The van der Waals surface area contributed by atoms with Crippen LogP contribution in [0.4, 0.5) is 0 Å². The Labute approximate surface area is 110 Å². The average molecular weight is 253 g/mol. The van der Waals surface area contributed by atoms with Crippen LogP contribution in [0.15, 0.2) is 0 Å². The van der Waals surface area contributed by atoms with Crippen LogP contribution in [0, 0.1) is 11.8 Å². The smallest absolute Gasteiger partial charge is 0.236 e. The second-order valence-corrected chi connectivity index (χ2v) is 6.20. The summed E-state index contributed by atoms with van der Waals surface area (Å²) in [6.07, 6.45) is 3.21. The molecule has 18 heavy (non-hydrogen) atoms. The van der Waals surface area contributed by atoms with E-state index in [0.29, 0.717) is 24.4 Å². The maximum absolute atomic E-state index is 12.3. The van der Waals surface area contributed by atoms with E-state index in [1.54, 1.807) is 0 Å². The molecule has 0 aliphatic carbocycles. The van der Waals surface area contributed by atoms with E-state index in [0.717, 1.165) is 51.4 Å². The largest absolute Gasteiger partial charge is 0.341 e. The number of likely N-dealkylation sites (tertiary alicyclic amines) is 2. The molecule has 0 aromatic carbocycles. The lowest BCUT2D eigenvalue weighted by Gasteiger charge is -2.37. The fraction of sp³-hybridized carbons (Fsp3) is 0.929. The van der Waals surface area contributed by atoms with Crippen molar-refractivity contribution in [2.24, 2.45) is 17.6 Å². The molecule has 2 aliphatic rings. The zero-order chi connectivity index (χ0) is 13.1. The van der Waals surface area contributed by atoms with Crippen LogP contribution in [0.25, 0.3) is 0 Å². The number of hydrogen-bond donors (Lipinski definition) is 1. The predicted molar refractivity (Wildman–Crippen MR) is 73.2 cm³/mol. The van der Waals surface area contributed by atoms with Gasteiger partial charge in [0.15, 0.2) is 0 Å².